The third kappa shape index (κ3) is 0.887. The molecule has 1 aliphatic heterocycles. The molecule has 1 fully saturated rings. The monoisotopic (exact) mass is 123 g/mol. The van der Waals surface area contributed by atoms with E-state index >= 15 is 0 Å². The van der Waals surface area contributed by atoms with Crippen molar-refractivity contribution in [3.8, 4) is 0 Å². The van der Waals surface area contributed by atoms with E-state index in [9.17, 15) is 0 Å². The Labute approximate surface area is 56.2 Å². The van der Waals surface area contributed by atoms with Crippen molar-refractivity contribution in [3.63, 3.8) is 0 Å². The summed E-state index contributed by atoms with van der Waals surface area (Å²) in [4.78, 5) is 4.51. The van der Waals surface area contributed by atoms with Gasteiger partial charge < -0.3 is 0 Å². The highest BCUT2D eigenvalue weighted by Gasteiger charge is 2.23. The van der Waals surface area contributed by atoms with Gasteiger partial charge in [0.15, 0.2) is 0 Å². The fourth-order valence-electron chi connectivity index (χ4n) is 1.98. The van der Waals surface area contributed by atoms with E-state index in [1.807, 2.05) is 0 Å². The highest BCUT2D eigenvalue weighted by Crippen LogP contribution is 2.29. The lowest BCUT2D eigenvalue weighted by Crippen LogP contribution is -2.12. The summed E-state index contributed by atoms with van der Waals surface area (Å²) in [5.41, 5.74) is 1.54. The molecule has 0 aromatic carbocycles. The Morgan fingerprint density at radius 1 is 1.22 bits per heavy atom. The molecule has 1 aliphatic carbocycles. The number of hydrogen-bond donors (Lipinski definition) is 0. The van der Waals surface area contributed by atoms with E-state index in [2.05, 4.69) is 4.99 Å². The Kier molecular flexibility index (Phi) is 1.29. The van der Waals surface area contributed by atoms with E-state index in [0.717, 1.165) is 12.5 Å². The molecular weight excluding hydrogens is 110 g/mol. The van der Waals surface area contributed by atoms with Gasteiger partial charge in [0.2, 0.25) is 0 Å². The van der Waals surface area contributed by atoms with Gasteiger partial charge in [-0.25, -0.2) is 0 Å². The molecule has 9 heavy (non-hydrogen) atoms. The van der Waals surface area contributed by atoms with Gasteiger partial charge in [-0.2, -0.15) is 0 Å². The van der Waals surface area contributed by atoms with Crippen LogP contribution in [0.4, 0.5) is 0 Å². The second-order valence-electron chi connectivity index (χ2n) is 3.10. The first-order valence-electron chi connectivity index (χ1n) is 4.00. The summed E-state index contributed by atoms with van der Waals surface area (Å²) in [6, 6.07) is 0. The van der Waals surface area contributed by atoms with Crippen LogP contribution in [0.25, 0.3) is 0 Å². The maximum Gasteiger partial charge on any atom is 0.0389 e. The minimum Gasteiger partial charge on any atom is -0.294 e. The zero-order chi connectivity index (χ0) is 6.10. The molecule has 0 N–H and O–H groups in total. The van der Waals surface area contributed by atoms with Crippen LogP contribution in [0, 0.1) is 5.92 Å². The highest BCUT2D eigenvalue weighted by atomic mass is 14.8. The summed E-state index contributed by atoms with van der Waals surface area (Å²) in [5, 5.41) is 0. The van der Waals surface area contributed by atoms with E-state index in [-0.39, 0.29) is 0 Å². The largest absolute Gasteiger partial charge is 0.294 e. The maximum atomic E-state index is 4.51. The van der Waals surface area contributed by atoms with E-state index in [1.165, 1.54) is 32.1 Å². The van der Waals surface area contributed by atoms with Gasteiger partial charge >= 0.3 is 0 Å². The first kappa shape index (κ1) is 5.45. The van der Waals surface area contributed by atoms with Crippen LogP contribution in [0.3, 0.4) is 0 Å². The van der Waals surface area contributed by atoms with Crippen LogP contribution < -0.4 is 0 Å². The summed E-state index contributed by atoms with van der Waals surface area (Å²) in [7, 11) is 0. The zero-order valence-corrected chi connectivity index (χ0v) is 5.77. The summed E-state index contributed by atoms with van der Waals surface area (Å²) >= 11 is 0. The van der Waals surface area contributed by atoms with Gasteiger partial charge in [-0.3, -0.25) is 4.99 Å². The second-order valence-corrected chi connectivity index (χ2v) is 3.10. The number of hydrogen-bond acceptors (Lipinski definition) is 1. The van der Waals surface area contributed by atoms with Gasteiger partial charge in [-0.15, -0.1) is 0 Å². The lowest BCUT2D eigenvalue weighted by Gasteiger charge is -2.14. The molecule has 0 spiro atoms. The molecule has 0 amide bonds. The molecule has 1 saturated carbocycles. The lowest BCUT2D eigenvalue weighted by molar-refractivity contribution is 0.563. The van der Waals surface area contributed by atoms with Crippen molar-refractivity contribution in [2.45, 2.75) is 32.1 Å². The number of fused-ring (bicyclic) bond motifs is 1. The maximum absolute atomic E-state index is 4.51. The van der Waals surface area contributed by atoms with Crippen molar-refractivity contribution >= 4 is 5.71 Å². The molecule has 1 atom stereocenters. The van der Waals surface area contributed by atoms with Crippen LogP contribution in [-0.2, 0) is 0 Å². The Morgan fingerprint density at radius 2 is 2.11 bits per heavy atom. The summed E-state index contributed by atoms with van der Waals surface area (Å²) < 4.78 is 0. The summed E-state index contributed by atoms with van der Waals surface area (Å²) in [6.45, 7) is 1.12. The first-order chi connectivity index (χ1) is 4.47. The average molecular weight is 123 g/mol. The van der Waals surface area contributed by atoms with E-state index in [4.69, 9.17) is 0 Å². The predicted molar refractivity (Wildman–Crippen MR) is 38.9 cm³/mol. The van der Waals surface area contributed by atoms with Gasteiger partial charge in [0.25, 0.3) is 0 Å². The van der Waals surface area contributed by atoms with Gasteiger partial charge in [0.1, 0.15) is 0 Å². The molecule has 0 saturated heterocycles. The Bertz CT molecular complexity index is 138. The fraction of sp³-hybridized carbons (Fsp3) is 0.875. The Hall–Kier alpha value is -0.330. The average Bonchev–Trinajstić information content (AvgIpc) is 2.33. The van der Waals surface area contributed by atoms with Gasteiger partial charge in [0, 0.05) is 12.3 Å². The van der Waals surface area contributed by atoms with E-state index in [0.29, 0.717) is 0 Å². The third-order valence-corrected chi connectivity index (χ3v) is 2.48. The van der Waals surface area contributed by atoms with Crippen LogP contribution >= 0.6 is 0 Å². The van der Waals surface area contributed by atoms with E-state index in [1.54, 1.807) is 5.71 Å². The molecule has 1 unspecified atom stereocenters. The van der Waals surface area contributed by atoms with Gasteiger partial charge in [-0.05, 0) is 38.0 Å². The molecule has 50 valence electrons. The van der Waals surface area contributed by atoms with Crippen molar-refractivity contribution in [1.29, 1.82) is 0 Å². The minimum atomic E-state index is 0.916. The first-order valence-corrected chi connectivity index (χ1v) is 4.00. The number of rotatable bonds is 0. The molecule has 1 heterocycles. The van der Waals surface area contributed by atoms with Gasteiger partial charge in [-0.1, -0.05) is 0 Å². The zero-order valence-electron chi connectivity index (χ0n) is 5.77. The predicted octanol–water partition coefficient (Wildman–Crippen LogP) is 2.02. The van der Waals surface area contributed by atoms with Crippen LogP contribution in [0.2, 0.25) is 0 Å². The van der Waals surface area contributed by atoms with Crippen molar-refractivity contribution < 1.29 is 0 Å². The van der Waals surface area contributed by atoms with Crippen molar-refractivity contribution in [3.05, 3.63) is 0 Å². The molecule has 1 nitrogen and oxygen atoms in total. The second kappa shape index (κ2) is 2.13. The van der Waals surface area contributed by atoms with Crippen LogP contribution in [0.1, 0.15) is 32.1 Å². The highest BCUT2D eigenvalue weighted by molar-refractivity contribution is 5.88. The third-order valence-electron chi connectivity index (χ3n) is 2.48. The van der Waals surface area contributed by atoms with Crippen LogP contribution in [0.15, 0.2) is 4.99 Å². The SMILES string of the molecule is C1CN=C2CCCC2C1. The molecule has 2 rings (SSSR count). The van der Waals surface area contributed by atoms with Crippen molar-refractivity contribution in [1.82, 2.24) is 0 Å². The minimum absolute atomic E-state index is 0.916. The molecule has 1 heteroatoms. The lowest BCUT2D eigenvalue weighted by atomic mass is 9.98. The fourth-order valence-corrected chi connectivity index (χ4v) is 1.98. The van der Waals surface area contributed by atoms with Crippen LogP contribution in [0.5, 0.6) is 0 Å². The standard InChI is InChI=1S/C8H13N/c1-3-7-4-2-6-9-8(7)5-1/h7H,1-6H2. The molecule has 0 radical (unpaired) electrons. The number of aliphatic imine (C=N–C) groups is 1. The number of nitrogens with zero attached hydrogens (tertiary/aromatic N) is 1. The molecule has 2 aliphatic rings. The molecule has 0 aromatic rings. The van der Waals surface area contributed by atoms with E-state index < -0.39 is 0 Å². The molecule has 0 aromatic heterocycles. The topological polar surface area (TPSA) is 12.4 Å². The molecule has 0 bridgehead atoms. The summed E-state index contributed by atoms with van der Waals surface area (Å²) in [6.07, 6.45) is 6.92. The summed E-state index contributed by atoms with van der Waals surface area (Å²) in [5.74, 6) is 0.916. The van der Waals surface area contributed by atoms with Gasteiger partial charge in [0.05, 0.1) is 0 Å². The quantitative estimate of drug-likeness (QED) is 0.467. The van der Waals surface area contributed by atoms with Crippen LogP contribution in [-0.4, -0.2) is 12.3 Å². The normalized spacial score (nSPS) is 33.8. The molecular formula is C8H13N. The van der Waals surface area contributed by atoms with Crippen molar-refractivity contribution in [2.24, 2.45) is 10.9 Å². The Morgan fingerprint density at radius 3 is 3.00 bits per heavy atom. The smallest absolute Gasteiger partial charge is 0.0389 e. The Balaban J connectivity index is 2.16. The van der Waals surface area contributed by atoms with Crippen molar-refractivity contribution in [2.75, 3.05) is 6.54 Å².